The molecule has 0 N–H and O–H groups in total. The first-order valence-corrected chi connectivity index (χ1v) is 9.19. The molecule has 1 unspecified atom stereocenters. The highest BCUT2D eigenvalue weighted by molar-refractivity contribution is 5.85. The van der Waals surface area contributed by atoms with E-state index >= 15 is 0 Å². The van der Waals surface area contributed by atoms with Gasteiger partial charge in [-0.05, 0) is 63.9 Å². The van der Waals surface area contributed by atoms with Crippen molar-refractivity contribution in [1.29, 1.82) is 0 Å². The molecule has 0 amide bonds. The first-order valence-electron chi connectivity index (χ1n) is 9.19. The van der Waals surface area contributed by atoms with Crippen molar-refractivity contribution in [3.8, 4) is 11.1 Å². The zero-order valence-corrected chi connectivity index (χ0v) is 15.2. The third kappa shape index (κ3) is 3.19. The predicted molar refractivity (Wildman–Crippen MR) is 101 cm³/mol. The molecule has 130 valence electrons. The molecule has 4 rings (SSSR count). The Morgan fingerprint density at radius 2 is 2.08 bits per heavy atom. The second-order valence-electron chi connectivity index (χ2n) is 7.19. The molecule has 1 aliphatic rings. The molecule has 4 nitrogen and oxygen atoms in total. The summed E-state index contributed by atoms with van der Waals surface area (Å²) < 4.78 is 5.30. The van der Waals surface area contributed by atoms with Gasteiger partial charge in [0.05, 0.1) is 11.2 Å². The molecule has 3 heterocycles. The van der Waals surface area contributed by atoms with Crippen LogP contribution in [0.3, 0.4) is 0 Å². The summed E-state index contributed by atoms with van der Waals surface area (Å²) in [6.45, 7) is 8.61. The minimum Gasteiger partial charge on any atom is -0.361 e. The normalized spacial score (nSPS) is 18.3. The Bertz CT molecular complexity index is 880. The Labute approximate surface area is 148 Å². The van der Waals surface area contributed by atoms with Crippen LogP contribution in [0.1, 0.15) is 36.9 Å². The summed E-state index contributed by atoms with van der Waals surface area (Å²) in [7, 11) is 0. The number of aromatic nitrogens is 2. The van der Waals surface area contributed by atoms with E-state index in [0.717, 1.165) is 52.5 Å². The highest BCUT2D eigenvalue weighted by atomic mass is 16.5. The monoisotopic (exact) mass is 335 g/mol. The van der Waals surface area contributed by atoms with E-state index in [9.17, 15) is 0 Å². The van der Waals surface area contributed by atoms with E-state index in [-0.39, 0.29) is 0 Å². The average Bonchev–Trinajstić information content (AvgIpc) is 3.17. The summed E-state index contributed by atoms with van der Waals surface area (Å²) in [4.78, 5) is 7.44. The van der Waals surface area contributed by atoms with Crippen molar-refractivity contribution in [3.63, 3.8) is 0 Å². The average molecular weight is 335 g/mol. The van der Waals surface area contributed by atoms with Crippen LogP contribution in [0, 0.1) is 13.8 Å². The van der Waals surface area contributed by atoms with E-state index in [0.29, 0.717) is 0 Å². The summed E-state index contributed by atoms with van der Waals surface area (Å²) in [6.07, 6.45) is 3.68. The summed E-state index contributed by atoms with van der Waals surface area (Å²) in [5.41, 5.74) is 5.40. The molecule has 0 saturated carbocycles. The van der Waals surface area contributed by atoms with Crippen LogP contribution in [0.15, 0.2) is 34.9 Å². The van der Waals surface area contributed by atoms with E-state index in [2.05, 4.69) is 47.3 Å². The van der Waals surface area contributed by atoms with Crippen LogP contribution in [0.25, 0.3) is 22.0 Å². The lowest BCUT2D eigenvalue weighted by Crippen LogP contribution is -2.29. The largest absolute Gasteiger partial charge is 0.361 e. The molecule has 4 heteroatoms. The molecule has 2 aromatic heterocycles. The van der Waals surface area contributed by atoms with Crippen LogP contribution < -0.4 is 0 Å². The predicted octanol–water partition coefficient (Wildman–Crippen LogP) is 4.53. The maximum atomic E-state index is 5.30. The number of hydrogen-bond acceptors (Lipinski definition) is 4. The number of benzene rings is 1. The fourth-order valence-corrected chi connectivity index (χ4v) is 3.94. The van der Waals surface area contributed by atoms with Crippen molar-refractivity contribution in [2.45, 2.75) is 46.1 Å². The van der Waals surface area contributed by atoms with Crippen LogP contribution in [0.5, 0.6) is 0 Å². The van der Waals surface area contributed by atoms with Gasteiger partial charge in [0.15, 0.2) is 0 Å². The summed E-state index contributed by atoms with van der Waals surface area (Å²) in [5, 5.41) is 5.22. The first-order chi connectivity index (χ1) is 12.1. The van der Waals surface area contributed by atoms with Gasteiger partial charge in [-0.25, -0.2) is 0 Å². The number of rotatable bonds is 4. The number of hydrogen-bond donors (Lipinski definition) is 0. The molecule has 0 bridgehead atoms. The quantitative estimate of drug-likeness (QED) is 0.702. The van der Waals surface area contributed by atoms with Crippen molar-refractivity contribution in [3.05, 3.63) is 47.5 Å². The topological polar surface area (TPSA) is 42.2 Å². The lowest BCUT2D eigenvalue weighted by atomic mass is 10.0. The van der Waals surface area contributed by atoms with Gasteiger partial charge in [-0.3, -0.25) is 4.98 Å². The fraction of sp³-hybridized carbons (Fsp3) is 0.429. The number of fused-ring (bicyclic) bond motifs is 1. The second kappa shape index (κ2) is 6.60. The van der Waals surface area contributed by atoms with Crippen molar-refractivity contribution >= 4 is 10.9 Å². The van der Waals surface area contributed by atoms with E-state index < -0.39 is 0 Å². The Morgan fingerprint density at radius 3 is 2.80 bits per heavy atom. The highest BCUT2D eigenvalue weighted by Gasteiger charge is 2.19. The number of nitrogens with zero attached hydrogens (tertiary/aromatic N) is 3. The van der Waals surface area contributed by atoms with Gasteiger partial charge in [0, 0.05) is 35.7 Å². The van der Waals surface area contributed by atoms with Gasteiger partial charge in [-0.2, -0.15) is 0 Å². The van der Waals surface area contributed by atoms with Gasteiger partial charge in [0.25, 0.3) is 0 Å². The van der Waals surface area contributed by atoms with E-state index in [1.165, 1.54) is 25.1 Å². The van der Waals surface area contributed by atoms with E-state index in [1.807, 2.05) is 13.8 Å². The lowest BCUT2D eigenvalue weighted by molar-refractivity contribution is 0.271. The number of pyridine rings is 1. The molecule has 1 fully saturated rings. The SMILES string of the molecule is Cc1noc(C)c1-c1ccc2nc(CCN3CCCC3C)ccc2c1. The van der Waals surface area contributed by atoms with Crippen LogP contribution in [-0.2, 0) is 6.42 Å². The van der Waals surface area contributed by atoms with Gasteiger partial charge in [-0.1, -0.05) is 17.3 Å². The minimum atomic E-state index is 0.720. The zero-order chi connectivity index (χ0) is 17.4. The minimum absolute atomic E-state index is 0.720. The second-order valence-corrected chi connectivity index (χ2v) is 7.19. The Morgan fingerprint density at radius 1 is 1.20 bits per heavy atom. The van der Waals surface area contributed by atoms with E-state index in [4.69, 9.17) is 9.51 Å². The molecule has 0 aliphatic carbocycles. The highest BCUT2D eigenvalue weighted by Crippen LogP contribution is 2.29. The van der Waals surface area contributed by atoms with Gasteiger partial charge in [0.2, 0.25) is 0 Å². The zero-order valence-electron chi connectivity index (χ0n) is 15.2. The van der Waals surface area contributed by atoms with Crippen LogP contribution in [0.2, 0.25) is 0 Å². The van der Waals surface area contributed by atoms with Crippen LogP contribution in [0.4, 0.5) is 0 Å². The van der Waals surface area contributed by atoms with Crippen molar-refractivity contribution in [1.82, 2.24) is 15.0 Å². The van der Waals surface area contributed by atoms with Crippen LogP contribution >= 0.6 is 0 Å². The van der Waals surface area contributed by atoms with Crippen molar-refractivity contribution in [2.75, 3.05) is 13.1 Å². The van der Waals surface area contributed by atoms with Gasteiger partial charge in [0.1, 0.15) is 5.76 Å². The summed E-state index contributed by atoms with van der Waals surface area (Å²) >= 11 is 0. The first kappa shape index (κ1) is 16.3. The maximum Gasteiger partial charge on any atom is 0.141 e. The fourth-order valence-electron chi connectivity index (χ4n) is 3.94. The Kier molecular flexibility index (Phi) is 4.30. The molecular weight excluding hydrogens is 310 g/mol. The van der Waals surface area contributed by atoms with E-state index in [1.54, 1.807) is 0 Å². The molecule has 25 heavy (non-hydrogen) atoms. The molecule has 1 aromatic carbocycles. The van der Waals surface area contributed by atoms with Crippen molar-refractivity contribution < 1.29 is 4.52 Å². The Balaban J connectivity index is 1.56. The third-order valence-electron chi connectivity index (χ3n) is 5.41. The van der Waals surface area contributed by atoms with Gasteiger partial charge < -0.3 is 9.42 Å². The molecular formula is C21H25N3O. The maximum absolute atomic E-state index is 5.30. The van der Waals surface area contributed by atoms with Crippen LogP contribution in [-0.4, -0.2) is 34.2 Å². The smallest absolute Gasteiger partial charge is 0.141 e. The molecule has 1 aliphatic heterocycles. The third-order valence-corrected chi connectivity index (χ3v) is 5.41. The molecule has 0 radical (unpaired) electrons. The van der Waals surface area contributed by atoms with Gasteiger partial charge in [-0.15, -0.1) is 0 Å². The molecule has 3 aromatic rings. The van der Waals surface area contributed by atoms with Gasteiger partial charge >= 0.3 is 0 Å². The number of aryl methyl sites for hydroxylation is 2. The lowest BCUT2D eigenvalue weighted by Gasteiger charge is -2.20. The molecule has 1 saturated heterocycles. The molecule has 1 atom stereocenters. The standard InChI is InChI=1S/C21H25N3O/c1-14-5-4-11-24(14)12-10-19-8-6-17-13-18(7-9-20(17)22-19)21-15(2)23-25-16(21)3/h6-9,13-14H,4-5,10-12H2,1-3H3. The Hall–Kier alpha value is -2.20. The number of likely N-dealkylation sites (tertiary alicyclic amines) is 1. The summed E-state index contributed by atoms with van der Waals surface area (Å²) in [5.74, 6) is 0.862. The van der Waals surface area contributed by atoms with Crippen molar-refractivity contribution in [2.24, 2.45) is 0 Å². The molecule has 0 spiro atoms. The summed E-state index contributed by atoms with van der Waals surface area (Å²) in [6, 6.07) is 11.5.